The number of rotatable bonds is 3. The number of anilines is 1. The van der Waals surface area contributed by atoms with Gasteiger partial charge in [0.1, 0.15) is 5.82 Å². The summed E-state index contributed by atoms with van der Waals surface area (Å²) in [6.45, 7) is 3.35. The Labute approximate surface area is 116 Å². The van der Waals surface area contributed by atoms with E-state index in [0.29, 0.717) is 19.7 Å². The van der Waals surface area contributed by atoms with Gasteiger partial charge >= 0.3 is 5.97 Å². The summed E-state index contributed by atoms with van der Waals surface area (Å²) in [6.07, 6.45) is 3.48. The summed E-state index contributed by atoms with van der Waals surface area (Å²) in [4.78, 5) is 15.8. The summed E-state index contributed by atoms with van der Waals surface area (Å²) in [5, 5.41) is 7.76. The van der Waals surface area contributed by atoms with E-state index in [-0.39, 0.29) is 11.9 Å². The molecular weight excluding hydrogens is 256 g/mol. The van der Waals surface area contributed by atoms with Crippen LogP contribution >= 0.6 is 0 Å². The number of nitrogens with zero attached hydrogens (tertiary/aromatic N) is 3. The zero-order valence-electron chi connectivity index (χ0n) is 11.2. The van der Waals surface area contributed by atoms with Crippen LogP contribution in [0.25, 0.3) is 11.3 Å². The summed E-state index contributed by atoms with van der Waals surface area (Å²) in [5.41, 5.74) is 1.88. The average Bonchev–Trinajstić information content (AvgIpc) is 2.91. The molecule has 0 saturated carbocycles. The zero-order chi connectivity index (χ0) is 13.9. The molecule has 1 aliphatic rings. The number of hydrogen-bond acceptors (Lipinski definition) is 5. The Morgan fingerprint density at radius 1 is 1.50 bits per heavy atom. The minimum Gasteiger partial charge on any atom is -0.466 e. The Balaban J connectivity index is 1.81. The van der Waals surface area contributed by atoms with E-state index in [2.05, 4.69) is 15.4 Å². The second-order valence-electron chi connectivity index (χ2n) is 4.66. The normalized spacial score (nSPS) is 17.1. The van der Waals surface area contributed by atoms with Crippen LogP contribution in [-0.2, 0) is 16.1 Å². The minimum absolute atomic E-state index is 0.174. The highest BCUT2D eigenvalue weighted by Crippen LogP contribution is 2.25. The van der Waals surface area contributed by atoms with Crippen LogP contribution in [0.3, 0.4) is 0 Å². The first-order valence-electron chi connectivity index (χ1n) is 6.66. The molecular formula is C14H16N4O2. The maximum atomic E-state index is 11.8. The Morgan fingerprint density at radius 3 is 3.05 bits per heavy atom. The van der Waals surface area contributed by atoms with Crippen molar-refractivity contribution < 1.29 is 9.53 Å². The van der Waals surface area contributed by atoms with E-state index in [0.717, 1.165) is 17.1 Å². The summed E-state index contributed by atoms with van der Waals surface area (Å²) in [5.74, 6) is 0.566. The lowest BCUT2D eigenvalue weighted by molar-refractivity contribution is -0.148. The van der Waals surface area contributed by atoms with Crippen molar-refractivity contribution in [2.24, 2.45) is 5.92 Å². The summed E-state index contributed by atoms with van der Waals surface area (Å²) in [6, 6.07) is 5.81. The smallest absolute Gasteiger partial charge is 0.312 e. The molecule has 20 heavy (non-hydrogen) atoms. The molecule has 3 heterocycles. The predicted molar refractivity (Wildman–Crippen MR) is 74.1 cm³/mol. The van der Waals surface area contributed by atoms with Crippen molar-refractivity contribution in [2.45, 2.75) is 13.5 Å². The van der Waals surface area contributed by atoms with Gasteiger partial charge in [0.05, 0.1) is 24.8 Å². The van der Waals surface area contributed by atoms with Gasteiger partial charge in [-0.1, -0.05) is 0 Å². The van der Waals surface area contributed by atoms with Gasteiger partial charge in [0.25, 0.3) is 0 Å². The predicted octanol–water partition coefficient (Wildman–Crippen LogP) is 1.55. The molecule has 6 nitrogen and oxygen atoms in total. The summed E-state index contributed by atoms with van der Waals surface area (Å²) < 4.78 is 6.88. The minimum atomic E-state index is -0.187. The van der Waals surface area contributed by atoms with E-state index in [4.69, 9.17) is 4.74 Å². The molecule has 0 amide bonds. The fourth-order valence-electron chi connectivity index (χ4n) is 2.28. The van der Waals surface area contributed by atoms with E-state index in [1.807, 2.05) is 29.8 Å². The third-order valence-electron chi connectivity index (χ3n) is 3.30. The van der Waals surface area contributed by atoms with Crippen molar-refractivity contribution in [3.63, 3.8) is 0 Å². The first-order chi connectivity index (χ1) is 9.78. The molecule has 2 aromatic heterocycles. The molecule has 104 valence electrons. The van der Waals surface area contributed by atoms with Crippen LogP contribution in [0, 0.1) is 5.92 Å². The Bertz CT molecular complexity index is 609. The lowest BCUT2D eigenvalue weighted by atomic mass is 10.1. The molecule has 0 fully saturated rings. The number of hydrogen-bond donors (Lipinski definition) is 1. The van der Waals surface area contributed by atoms with Gasteiger partial charge in [0.2, 0.25) is 0 Å². The molecule has 1 N–H and O–H groups in total. The lowest BCUT2D eigenvalue weighted by Gasteiger charge is -2.23. The van der Waals surface area contributed by atoms with E-state index in [1.54, 1.807) is 12.4 Å². The maximum Gasteiger partial charge on any atom is 0.312 e. The number of carbonyl (C=O) groups is 1. The topological polar surface area (TPSA) is 69.0 Å². The largest absolute Gasteiger partial charge is 0.466 e. The number of ether oxygens (including phenoxy) is 1. The molecule has 0 radical (unpaired) electrons. The second kappa shape index (κ2) is 5.32. The number of aromatic nitrogens is 3. The second-order valence-corrected chi connectivity index (χ2v) is 4.66. The molecule has 0 aliphatic carbocycles. The van der Waals surface area contributed by atoms with Crippen LogP contribution in [0.4, 0.5) is 5.82 Å². The van der Waals surface area contributed by atoms with Crippen molar-refractivity contribution in [1.29, 1.82) is 0 Å². The van der Waals surface area contributed by atoms with Gasteiger partial charge in [-0.05, 0) is 19.1 Å². The molecule has 2 aromatic rings. The van der Waals surface area contributed by atoms with Crippen LogP contribution in [0.1, 0.15) is 6.92 Å². The quantitative estimate of drug-likeness (QED) is 0.858. The molecule has 1 atom stereocenters. The van der Waals surface area contributed by atoms with Gasteiger partial charge < -0.3 is 10.1 Å². The van der Waals surface area contributed by atoms with Crippen LogP contribution < -0.4 is 5.32 Å². The zero-order valence-corrected chi connectivity index (χ0v) is 11.2. The standard InChI is InChI=1S/C14H16N4O2/c1-2-20-14(19)11-8-16-13-7-12(17-18(13)9-11)10-3-5-15-6-4-10/h3-7,11,16H,2,8-9H2,1H3. The van der Waals surface area contributed by atoms with Crippen molar-refractivity contribution in [3.8, 4) is 11.3 Å². The third kappa shape index (κ3) is 2.36. The van der Waals surface area contributed by atoms with Crippen LogP contribution in [0.15, 0.2) is 30.6 Å². The van der Waals surface area contributed by atoms with E-state index in [1.165, 1.54) is 0 Å². The van der Waals surface area contributed by atoms with Crippen LogP contribution in [0.2, 0.25) is 0 Å². The molecule has 0 spiro atoms. The van der Waals surface area contributed by atoms with Crippen molar-refractivity contribution in [1.82, 2.24) is 14.8 Å². The first kappa shape index (κ1) is 12.7. The van der Waals surface area contributed by atoms with Gasteiger partial charge in [-0.15, -0.1) is 0 Å². The fourth-order valence-corrected chi connectivity index (χ4v) is 2.28. The highest BCUT2D eigenvalue weighted by atomic mass is 16.5. The number of fused-ring (bicyclic) bond motifs is 1. The monoisotopic (exact) mass is 272 g/mol. The number of esters is 1. The molecule has 6 heteroatoms. The van der Waals surface area contributed by atoms with Crippen molar-refractivity contribution in [2.75, 3.05) is 18.5 Å². The number of carbonyl (C=O) groups excluding carboxylic acids is 1. The van der Waals surface area contributed by atoms with E-state index >= 15 is 0 Å². The SMILES string of the molecule is CCOC(=O)C1CNc2cc(-c3ccncc3)nn2C1. The average molecular weight is 272 g/mol. The van der Waals surface area contributed by atoms with Gasteiger partial charge in [-0.2, -0.15) is 5.10 Å². The van der Waals surface area contributed by atoms with Gasteiger partial charge in [-0.25, -0.2) is 4.68 Å². The van der Waals surface area contributed by atoms with Gasteiger partial charge in [0.15, 0.2) is 0 Å². The first-order valence-corrected chi connectivity index (χ1v) is 6.66. The molecule has 0 saturated heterocycles. The third-order valence-corrected chi connectivity index (χ3v) is 3.30. The number of nitrogens with one attached hydrogen (secondary N) is 1. The van der Waals surface area contributed by atoms with Crippen molar-refractivity contribution >= 4 is 11.8 Å². The molecule has 1 aliphatic heterocycles. The van der Waals surface area contributed by atoms with Gasteiger partial charge in [0, 0.05) is 30.6 Å². The lowest BCUT2D eigenvalue weighted by Crippen LogP contribution is -2.34. The summed E-state index contributed by atoms with van der Waals surface area (Å²) in [7, 11) is 0. The van der Waals surface area contributed by atoms with E-state index in [9.17, 15) is 4.79 Å². The van der Waals surface area contributed by atoms with Crippen molar-refractivity contribution in [3.05, 3.63) is 30.6 Å². The number of pyridine rings is 1. The Kier molecular flexibility index (Phi) is 3.37. The summed E-state index contributed by atoms with van der Waals surface area (Å²) >= 11 is 0. The van der Waals surface area contributed by atoms with Crippen LogP contribution in [0.5, 0.6) is 0 Å². The van der Waals surface area contributed by atoms with E-state index < -0.39 is 0 Å². The molecule has 0 aromatic carbocycles. The highest BCUT2D eigenvalue weighted by Gasteiger charge is 2.26. The van der Waals surface area contributed by atoms with Crippen LogP contribution in [-0.4, -0.2) is 33.9 Å². The fraction of sp³-hybridized carbons (Fsp3) is 0.357. The molecule has 0 bridgehead atoms. The highest BCUT2D eigenvalue weighted by molar-refractivity contribution is 5.74. The Hall–Kier alpha value is -2.37. The Morgan fingerprint density at radius 2 is 2.30 bits per heavy atom. The molecule has 1 unspecified atom stereocenters. The van der Waals surface area contributed by atoms with Gasteiger partial charge in [-0.3, -0.25) is 9.78 Å². The maximum absolute atomic E-state index is 11.8. The molecule has 3 rings (SSSR count).